The number of carbonyl (C=O) groups is 2. The third-order valence-electron chi connectivity index (χ3n) is 6.36. The summed E-state index contributed by atoms with van der Waals surface area (Å²) in [5.41, 5.74) is 1.99. The van der Waals surface area contributed by atoms with Crippen molar-refractivity contribution >= 4 is 17.5 Å². The van der Waals surface area contributed by atoms with Gasteiger partial charge in [-0.3, -0.25) is 14.5 Å². The number of nitrogens with zero attached hydrogens (tertiary/aromatic N) is 2. The molecule has 1 N–H and O–H groups in total. The summed E-state index contributed by atoms with van der Waals surface area (Å²) < 4.78 is 11.3. The number of piperidine rings is 1. The van der Waals surface area contributed by atoms with Gasteiger partial charge in [0.2, 0.25) is 11.8 Å². The molecule has 1 aromatic rings. The summed E-state index contributed by atoms with van der Waals surface area (Å²) in [6.07, 6.45) is 4.73. The number of hydrogen-bond donors (Lipinski definition) is 1. The van der Waals surface area contributed by atoms with Crippen LogP contribution in [0.25, 0.3) is 0 Å². The molecular weight excluding hydrogens is 382 g/mol. The molecule has 30 heavy (non-hydrogen) atoms. The molecule has 0 aromatic heterocycles. The van der Waals surface area contributed by atoms with E-state index in [2.05, 4.69) is 10.2 Å². The fourth-order valence-electron chi connectivity index (χ4n) is 4.53. The molecule has 0 saturated carbocycles. The first-order valence-electron chi connectivity index (χ1n) is 11.3. The lowest BCUT2D eigenvalue weighted by atomic mass is 9.95. The predicted octanol–water partition coefficient (Wildman–Crippen LogP) is 2.30. The lowest BCUT2D eigenvalue weighted by molar-refractivity contribution is -0.133. The van der Waals surface area contributed by atoms with Crippen LogP contribution in [0.2, 0.25) is 0 Å². The van der Waals surface area contributed by atoms with Crippen molar-refractivity contribution in [3.8, 4) is 5.75 Å². The molecule has 0 bridgehead atoms. The second-order valence-electron chi connectivity index (χ2n) is 8.56. The van der Waals surface area contributed by atoms with Gasteiger partial charge in [0.15, 0.2) is 0 Å². The number of anilines is 1. The molecule has 2 saturated heterocycles. The standard InChI is InChI=1S/C23H33N3O4/c27-22-6-3-19-16-20(4-5-21(19)24-22)30-13-1-2-23(28)26-9-7-18(8-10-26)17-25-11-14-29-15-12-25/h4-5,16,18H,1-3,6-15,17H2,(H,24,27). The monoisotopic (exact) mass is 415 g/mol. The molecule has 3 heterocycles. The topological polar surface area (TPSA) is 71.1 Å². The smallest absolute Gasteiger partial charge is 0.224 e. The summed E-state index contributed by atoms with van der Waals surface area (Å²) in [5.74, 6) is 1.82. The number of amides is 2. The van der Waals surface area contributed by atoms with Gasteiger partial charge in [-0.2, -0.15) is 0 Å². The Kier molecular flexibility index (Phi) is 7.23. The molecule has 3 aliphatic rings. The Labute approximate surface area is 178 Å². The molecule has 0 spiro atoms. The van der Waals surface area contributed by atoms with Crippen molar-refractivity contribution in [1.82, 2.24) is 9.80 Å². The maximum Gasteiger partial charge on any atom is 0.224 e. The Hall–Kier alpha value is -2.12. The van der Waals surface area contributed by atoms with Crippen molar-refractivity contribution < 1.29 is 19.1 Å². The molecule has 4 rings (SSSR count). The lowest BCUT2D eigenvalue weighted by Gasteiger charge is -2.36. The van der Waals surface area contributed by atoms with E-state index in [4.69, 9.17) is 9.47 Å². The molecule has 0 radical (unpaired) electrons. The quantitative estimate of drug-likeness (QED) is 0.692. The molecule has 7 heteroatoms. The van der Waals surface area contributed by atoms with E-state index >= 15 is 0 Å². The minimum atomic E-state index is 0.0693. The molecule has 3 aliphatic heterocycles. The number of nitrogens with one attached hydrogen (secondary N) is 1. The van der Waals surface area contributed by atoms with E-state index in [0.29, 0.717) is 25.4 Å². The summed E-state index contributed by atoms with van der Waals surface area (Å²) >= 11 is 0. The van der Waals surface area contributed by atoms with Gasteiger partial charge < -0.3 is 19.7 Å². The van der Waals surface area contributed by atoms with Gasteiger partial charge in [0, 0.05) is 51.3 Å². The second-order valence-corrected chi connectivity index (χ2v) is 8.56. The highest BCUT2D eigenvalue weighted by Crippen LogP contribution is 2.27. The van der Waals surface area contributed by atoms with Gasteiger partial charge in [0.25, 0.3) is 0 Å². The largest absolute Gasteiger partial charge is 0.494 e. The van der Waals surface area contributed by atoms with E-state index in [9.17, 15) is 9.59 Å². The van der Waals surface area contributed by atoms with Crippen molar-refractivity contribution in [1.29, 1.82) is 0 Å². The number of carbonyl (C=O) groups excluding carboxylic acids is 2. The third kappa shape index (κ3) is 5.73. The summed E-state index contributed by atoms with van der Waals surface area (Å²) in [6, 6.07) is 5.77. The van der Waals surface area contributed by atoms with Gasteiger partial charge in [-0.25, -0.2) is 0 Å². The molecule has 7 nitrogen and oxygen atoms in total. The first-order valence-corrected chi connectivity index (χ1v) is 11.3. The molecule has 0 unspecified atom stereocenters. The normalized spacial score (nSPS) is 20.5. The highest BCUT2D eigenvalue weighted by atomic mass is 16.5. The number of likely N-dealkylation sites (tertiary alicyclic amines) is 1. The second kappa shape index (κ2) is 10.3. The maximum atomic E-state index is 12.5. The summed E-state index contributed by atoms with van der Waals surface area (Å²) in [5, 5.41) is 2.88. The number of hydrogen-bond acceptors (Lipinski definition) is 5. The Bertz CT molecular complexity index is 740. The average molecular weight is 416 g/mol. The highest BCUT2D eigenvalue weighted by molar-refractivity contribution is 5.94. The minimum absolute atomic E-state index is 0.0693. The van der Waals surface area contributed by atoms with Crippen molar-refractivity contribution in [3.05, 3.63) is 23.8 Å². The van der Waals surface area contributed by atoms with Crippen LogP contribution in [-0.2, 0) is 20.7 Å². The molecule has 2 fully saturated rings. The predicted molar refractivity (Wildman–Crippen MR) is 115 cm³/mol. The van der Waals surface area contributed by atoms with Crippen LogP contribution in [0, 0.1) is 5.92 Å². The Morgan fingerprint density at radius 2 is 1.93 bits per heavy atom. The Morgan fingerprint density at radius 3 is 2.73 bits per heavy atom. The number of benzene rings is 1. The first-order chi connectivity index (χ1) is 14.7. The number of aryl methyl sites for hydroxylation is 1. The van der Waals surface area contributed by atoms with Crippen LogP contribution >= 0.6 is 0 Å². The fourth-order valence-corrected chi connectivity index (χ4v) is 4.53. The van der Waals surface area contributed by atoms with Crippen LogP contribution in [-0.4, -0.2) is 74.2 Å². The summed E-state index contributed by atoms with van der Waals surface area (Å²) in [7, 11) is 0. The molecule has 1 aromatic carbocycles. The maximum absolute atomic E-state index is 12.5. The minimum Gasteiger partial charge on any atom is -0.494 e. The molecule has 2 amide bonds. The SMILES string of the molecule is O=C1CCc2cc(OCCCC(=O)N3CCC(CN4CCOCC4)CC3)ccc2N1. The highest BCUT2D eigenvalue weighted by Gasteiger charge is 2.24. The van der Waals surface area contributed by atoms with Crippen LogP contribution in [0.1, 0.15) is 37.7 Å². The van der Waals surface area contributed by atoms with Gasteiger partial charge in [0.05, 0.1) is 19.8 Å². The Morgan fingerprint density at radius 1 is 1.13 bits per heavy atom. The molecule has 0 atom stereocenters. The van der Waals surface area contributed by atoms with E-state index in [1.54, 1.807) is 0 Å². The van der Waals surface area contributed by atoms with E-state index < -0.39 is 0 Å². The van der Waals surface area contributed by atoms with Gasteiger partial charge in [0.1, 0.15) is 5.75 Å². The zero-order chi connectivity index (χ0) is 20.8. The van der Waals surface area contributed by atoms with Gasteiger partial charge in [-0.15, -0.1) is 0 Å². The lowest BCUT2D eigenvalue weighted by Crippen LogP contribution is -2.44. The van der Waals surface area contributed by atoms with Crippen molar-refractivity contribution in [2.45, 2.75) is 38.5 Å². The van der Waals surface area contributed by atoms with E-state index in [0.717, 1.165) is 88.6 Å². The fraction of sp³-hybridized carbons (Fsp3) is 0.652. The van der Waals surface area contributed by atoms with Crippen LogP contribution in [0.5, 0.6) is 5.75 Å². The summed E-state index contributed by atoms with van der Waals surface area (Å²) in [4.78, 5) is 28.5. The van der Waals surface area contributed by atoms with Crippen molar-refractivity contribution in [2.75, 3.05) is 57.9 Å². The van der Waals surface area contributed by atoms with Gasteiger partial charge in [-0.1, -0.05) is 0 Å². The number of rotatable bonds is 7. The molecule has 0 aliphatic carbocycles. The number of morpholine rings is 1. The van der Waals surface area contributed by atoms with Gasteiger partial charge >= 0.3 is 0 Å². The van der Waals surface area contributed by atoms with Crippen LogP contribution in [0.3, 0.4) is 0 Å². The van der Waals surface area contributed by atoms with E-state index in [1.165, 1.54) is 0 Å². The van der Waals surface area contributed by atoms with Crippen LogP contribution in [0.4, 0.5) is 5.69 Å². The summed E-state index contributed by atoms with van der Waals surface area (Å²) in [6.45, 7) is 7.21. The molecular formula is C23H33N3O4. The van der Waals surface area contributed by atoms with Crippen LogP contribution in [0.15, 0.2) is 18.2 Å². The van der Waals surface area contributed by atoms with Crippen molar-refractivity contribution in [3.63, 3.8) is 0 Å². The first kappa shape index (κ1) is 21.1. The number of fused-ring (bicyclic) bond motifs is 1. The van der Waals surface area contributed by atoms with E-state index in [-0.39, 0.29) is 11.8 Å². The zero-order valence-corrected chi connectivity index (χ0v) is 17.7. The number of ether oxygens (including phenoxy) is 2. The third-order valence-corrected chi connectivity index (χ3v) is 6.36. The average Bonchev–Trinajstić information content (AvgIpc) is 2.78. The van der Waals surface area contributed by atoms with Gasteiger partial charge in [-0.05, 0) is 55.4 Å². The molecule has 164 valence electrons. The van der Waals surface area contributed by atoms with Crippen molar-refractivity contribution in [2.24, 2.45) is 5.92 Å². The van der Waals surface area contributed by atoms with Crippen LogP contribution < -0.4 is 10.1 Å². The Balaban J connectivity index is 1.12. The zero-order valence-electron chi connectivity index (χ0n) is 17.7. The van der Waals surface area contributed by atoms with E-state index in [1.807, 2.05) is 23.1 Å².